The Morgan fingerprint density at radius 3 is 2.73 bits per heavy atom. The maximum atomic E-state index is 11.8. The summed E-state index contributed by atoms with van der Waals surface area (Å²) in [6.45, 7) is 0.964. The first-order chi connectivity index (χ1) is 10.7. The highest BCUT2D eigenvalue weighted by atomic mass is 35.5. The predicted octanol–water partition coefficient (Wildman–Crippen LogP) is 3.39. The summed E-state index contributed by atoms with van der Waals surface area (Å²) in [5.41, 5.74) is 2.01. The third-order valence-electron chi connectivity index (χ3n) is 3.23. The maximum absolute atomic E-state index is 11.8. The largest absolute Gasteiger partial charge is 0.497 e. The van der Waals surface area contributed by atoms with Gasteiger partial charge in [-0.3, -0.25) is 0 Å². The summed E-state index contributed by atoms with van der Waals surface area (Å²) < 4.78 is 5.17. The number of rotatable bonds is 6. The Hall–Kier alpha value is -2.20. The van der Waals surface area contributed by atoms with Crippen LogP contribution in [0.2, 0.25) is 5.02 Å². The Morgan fingerprint density at radius 1 is 1.14 bits per heavy atom. The average molecular weight is 319 g/mol. The molecule has 0 aliphatic rings. The van der Waals surface area contributed by atoms with Crippen LogP contribution in [0.4, 0.5) is 4.79 Å². The fourth-order valence-corrected chi connectivity index (χ4v) is 2.23. The number of hydrogen-bond donors (Lipinski definition) is 2. The van der Waals surface area contributed by atoms with Crippen molar-refractivity contribution in [1.29, 1.82) is 0 Å². The summed E-state index contributed by atoms with van der Waals surface area (Å²) >= 11 is 6.04. The van der Waals surface area contributed by atoms with Crippen molar-refractivity contribution >= 4 is 17.6 Å². The number of carbonyl (C=O) groups excluding carboxylic acids is 1. The number of halogens is 1. The van der Waals surface area contributed by atoms with Gasteiger partial charge in [-0.05, 0) is 35.7 Å². The topological polar surface area (TPSA) is 50.4 Å². The average Bonchev–Trinajstić information content (AvgIpc) is 2.54. The number of ether oxygens (including phenoxy) is 1. The zero-order valence-corrected chi connectivity index (χ0v) is 13.2. The van der Waals surface area contributed by atoms with Crippen LogP contribution >= 0.6 is 11.6 Å². The van der Waals surface area contributed by atoms with Crippen molar-refractivity contribution in [3.05, 3.63) is 64.7 Å². The number of urea groups is 1. The molecule has 0 saturated carbocycles. The highest BCUT2D eigenvalue weighted by Crippen LogP contribution is 2.14. The van der Waals surface area contributed by atoms with Crippen molar-refractivity contribution in [1.82, 2.24) is 10.6 Å². The van der Waals surface area contributed by atoms with Gasteiger partial charge >= 0.3 is 6.03 Å². The first-order valence-electron chi connectivity index (χ1n) is 7.07. The quantitative estimate of drug-likeness (QED) is 0.857. The van der Waals surface area contributed by atoms with E-state index in [1.165, 1.54) is 0 Å². The lowest BCUT2D eigenvalue weighted by Gasteiger charge is -2.09. The van der Waals surface area contributed by atoms with Crippen LogP contribution in [0.1, 0.15) is 11.1 Å². The van der Waals surface area contributed by atoms with Crippen molar-refractivity contribution in [2.24, 2.45) is 0 Å². The van der Waals surface area contributed by atoms with E-state index in [4.69, 9.17) is 16.3 Å². The van der Waals surface area contributed by atoms with E-state index in [1.54, 1.807) is 13.2 Å². The van der Waals surface area contributed by atoms with Gasteiger partial charge in [0, 0.05) is 18.1 Å². The Morgan fingerprint density at radius 2 is 1.95 bits per heavy atom. The van der Waals surface area contributed by atoms with Gasteiger partial charge in [0.1, 0.15) is 5.75 Å². The number of hydrogen-bond acceptors (Lipinski definition) is 2. The highest BCUT2D eigenvalue weighted by Gasteiger charge is 2.03. The van der Waals surface area contributed by atoms with Gasteiger partial charge in [-0.2, -0.15) is 0 Å². The van der Waals surface area contributed by atoms with E-state index in [9.17, 15) is 4.79 Å². The number of benzene rings is 2. The third kappa shape index (κ3) is 4.97. The van der Waals surface area contributed by atoms with E-state index in [2.05, 4.69) is 10.6 Å². The summed E-state index contributed by atoms with van der Waals surface area (Å²) in [5.74, 6) is 0.820. The molecule has 0 bridgehead atoms. The van der Waals surface area contributed by atoms with Crippen LogP contribution in [0, 0.1) is 0 Å². The molecule has 0 saturated heterocycles. The molecule has 0 aromatic heterocycles. The second-order valence-corrected chi connectivity index (χ2v) is 5.21. The molecule has 0 aliphatic carbocycles. The molecule has 0 unspecified atom stereocenters. The van der Waals surface area contributed by atoms with E-state index >= 15 is 0 Å². The van der Waals surface area contributed by atoms with Crippen molar-refractivity contribution in [3.63, 3.8) is 0 Å². The summed E-state index contributed by atoms with van der Waals surface area (Å²) in [6, 6.07) is 15.0. The summed E-state index contributed by atoms with van der Waals surface area (Å²) in [4.78, 5) is 11.8. The number of nitrogens with one attached hydrogen (secondary N) is 2. The normalized spacial score (nSPS) is 10.1. The first-order valence-corrected chi connectivity index (χ1v) is 7.45. The van der Waals surface area contributed by atoms with Gasteiger partial charge in [0.05, 0.1) is 7.11 Å². The number of carbonyl (C=O) groups is 1. The Labute approximate surface area is 135 Å². The van der Waals surface area contributed by atoms with Gasteiger partial charge in [-0.15, -0.1) is 0 Å². The smallest absolute Gasteiger partial charge is 0.315 e. The van der Waals surface area contributed by atoms with E-state index in [0.29, 0.717) is 18.1 Å². The van der Waals surface area contributed by atoms with Crippen molar-refractivity contribution in [2.75, 3.05) is 13.7 Å². The Bertz CT molecular complexity index is 632. The van der Waals surface area contributed by atoms with Crippen LogP contribution in [-0.4, -0.2) is 19.7 Å². The van der Waals surface area contributed by atoms with Crippen LogP contribution in [0.5, 0.6) is 5.75 Å². The molecule has 0 radical (unpaired) electrons. The monoisotopic (exact) mass is 318 g/mol. The molecule has 0 fully saturated rings. The van der Waals surface area contributed by atoms with E-state index in [0.717, 1.165) is 23.3 Å². The second kappa shape index (κ2) is 8.29. The summed E-state index contributed by atoms with van der Waals surface area (Å²) in [6.07, 6.45) is 0.747. The summed E-state index contributed by atoms with van der Waals surface area (Å²) in [5, 5.41) is 6.27. The fourth-order valence-electron chi connectivity index (χ4n) is 2.03. The maximum Gasteiger partial charge on any atom is 0.315 e. The Balaban J connectivity index is 1.72. The van der Waals surface area contributed by atoms with Gasteiger partial charge in [0.25, 0.3) is 0 Å². The zero-order chi connectivity index (χ0) is 15.8. The van der Waals surface area contributed by atoms with Crippen LogP contribution < -0.4 is 15.4 Å². The minimum atomic E-state index is -0.206. The molecule has 2 rings (SSSR count). The van der Waals surface area contributed by atoms with Gasteiger partial charge in [-0.1, -0.05) is 41.9 Å². The van der Waals surface area contributed by atoms with E-state index < -0.39 is 0 Å². The molecule has 22 heavy (non-hydrogen) atoms. The standard InChI is InChI=1S/C17H19ClN2O2/c1-22-15-7-4-5-13(11-15)9-10-19-17(21)20-12-14-6-2-3-8-16(14)18/h2-8,11H,9-10,12H2,1H3,(H2,19,20,21). The fraction of sp³-hybridized carbons (Fsp3) is 0.235. The molecular formula is C17H19ClN2O2. The van der Waals surface area contributed by atoms with E-state index in [1.807, 2.05) is 42.5 Å². The molecule has 2 aromatic rings. The van der Waals surface area contributed by atoms with Crippen LogP contribution in [0.3, 0.4) is 0 Å². The first kappa shape index (κ1) is 16.2. The van der Waals surface area contributed by atoms with Gasteiger partial charge in [0.15, 0.2) is 0 Å². The number of amides is 2. The molecule has 0 aliphatic heterocycles. The van der Waals surface area contributed by atoms with Crippen molar-refractivity contribution < 1.29 is 9.53 Å². The van der Waals surface area contributed by atoms with Crippen molar-refractivity contribution in [2.45, 2.75) is 13.0 Å². The SMILES string of the molecule is COc1cccc(CCNC(=O)NCc2ccccc2Cl)c1. The van der Waals surface area contributed by atoms with Crippen LogP contribution in [0.15, 0.2) is 48.5 Å². The lowest BCUT2D eigenvalue weighted by atomic mass is 10.1. The zero-order valence-electron chi connectivity index (χ0n) is 12.4. The molecule has 0 spiro atoms. The molecule has 2 amide bonds. The Kier molecular flexibility index (Phi) is 6.10. The van der Waals surface area contributed by atoms with Crippen LogP contribution in [-0.2, 0) is 13.0 Å². The molecular weight excluding hydrogens is 300 g/mol. The third-order valence-corrected chi connectivity index (χ3v) is 3.60. The molecule has 0 heterocycles. The molecule has 4 nitrogen and oxygen atoms in total. The number of methoxy groups -OCH3 is 1. The highest BCUT2D eigenvalue weighted by molar-refractivity contribution is 6.31. The lowest BCUT2D eigenvalue weighted by Crippen LogP contribution is -2.36. The van der Waals surface area contributed by atoms with Gasteiger partial charge in [0.2, 0.25) is 0 Å². The van der Waals surface area contributed by atoms with Gasteiger partial charge in [-0.25, -0.2) is 4.79 Å². The molecule has 2 N–H and O–H groups in total. The molecule has 116 valence electrons. The van der Waals surface area contributed by atoms with Gasteiger partial charge < -0.3 is 15.4 Å². The molecule has 2 aromatic carbocycles. The van der Waals surface area contributed by atoms with Crippen molar-refractivity contribution in [3.8, 4) is 5.75 Å². The van der Waals surface area contributed by atoms with Crippen LogP contribution in [0.25, 0.3) is 0 Å². The minimum absolute atomic E-state index is 0.206. The second-order valence-electron chi connectivity index (χ2n) is 4.80. The molecule has 0 atom stereocenters. The summed E-state index contributed by atoms with van der Waals surface area (Å²) in [7, 11) is 1.64. The minimum Gasteiger partial charge on any atom is -0.497 e. The lowest BCUT2D eigenvalue weighted by molar-refractivity contribution is 0.240. The van der Waals surface area contributed by atoms with E-state index in [-0.39, 0.29) is 6.03 Å². The molecule has 5 heteroatoms. The predicted molar refractivity (Wildman–Crippen MR) is 88.4 cm³/mol.